The minimum absolute atomic E-state index is 0.0285. The standard InChI is InChI=1S/C14H28N2O4.C2H6/c1-9(2)7-14(3,4)8-16-13(20)12(19)10(17)5-6-11(15)18;1-2/h9-10,12,17,19H,5-8H2,1-4H3,(H2,15,18)(H,16,20);1-2H3/t10-,12+;/m1./s1. The zero-order chi connectivity index (χ0) is 17.9. The lowest BCUT2D eigenvalue weighted by molar-refractivity contribution is -0.136. The number of nitrogens with two attached hydrogens (primary N) is 1. The third-order valence-electron chi connectivity index (χ3n) is 3.02. The van der Waals surface area contributed by atoms with Crippen molar-refractivity contribution >= 4 is 11.8 Å². The quantitative estimate of drug-likeness (QED) is 0.511. The maximum Gasteiger partial charge on any atom is 0.251 e. The summed E-state index contributed by atoms with van der Waals surface area (Å²) in [6.45, 7) is 12.7. The summed E-state index contributed by atoms with van der Waals surface area (Å²) in [4.78, 5) is 22.3. The highest BCUT2D eigenvalue weighted by Gasteiger charge is 2.27. The van der Waals surface area contributed by atoms with Crippen LogP contribution in [0.2, 0.25) is 0 Å². The van der Waals surface area contributed by atoms with E-state index in [4.69, 9.17) is 5.73 Å². The number of carbonyl (C=O) groups excluding carboxylic acids is 2. The van der Waals surface area contributed by atoms with Crippen molar-refractivity contribution in [3.8, 4) is 0 Å². The van der Waals surface area contributed by atoms with E-state index in [-0.39, 0.29) is 18.3 Å². The van der Waals surface area contributed by atoms with E-state index in [2.05, 4.69) is 19.2 Å². The van der Waals surface area contributed by atoms with Crippen molar-refractivity contribution in [1.82, 2.24) is 5.32 Å². The third-order valence-corrected chi connectivity index (χ3v) is 3.02. The first-order valence-corrected chi connectivity index (χ1v) is 7.97. The lowest BCUT2D eigenvalue weighted by Gasteiger charge is -2.28. The fraction of sp³-hybridized carbons (Fsp3) is 0.875. The average Bonchev–Trinajstić information content (AvgIpc) is 2.42. The molecule has 6 heteroatoms. The molecule has 0 aromatic heterocycles. The van der Waals surface area contributed by atoms with E-state index >= 15 is 0 Å². The van der Waals surface area contributed by atoms with Gasteiger partial charge in [-0.2, -0.15) is 0 Å². The molecular weight excluding hydrogens is 284 g/mol. The molecule has 0 aliphatic carbocycles. The summed E-state index contributed by atoms with van der Waals surface area (Å²) in [6.07, 6.45) is -1.98. The molecule has 0 radical (unpaired) electrons. The number of nitrogens with one attached hydrogen (secondary N) is 1. The summed E-state index contributed by atoms with van der Waals surface area (Å²) in [7, 11) is 0. The molecule has 22 heavy (non-hydrogen) atoms. The first kappa shape index (κ1) is 23.1. The van der Waals surface area contributed by atoms with Gasteiger partial charge in [-0.3, -0.25) is 9.59 Å². The summed E-state index contributed by atoms with van der Waals surface area (Å²) in [6, 6.07) is 0. The van der Waals surface area contributed by atoms with Gasteiger partial charge in [0.05, 0.1) is 6.10 Å². The van der Waals surface area contributed by atoms with Crippen molar-refractivity contribution in [2.45, 2.75) is 73.0 Å². The molecule has 0 rings (SSSR count). The zero-order valence-electron chi connectivity index (χ0n) is 14.8. The SMILES string of the molecule is CC.CC(C)CC(C)(C)CNC(=O)[C@@H](O)[C@H](O)CCC(N)=O. The minimum Gasteiger partial charge on any atom is -0.390 e. The van der Waals surface area contributed by atoms with Crippen LogP contribution >= 0.6 is 0 Å². The molecule has 0 aliphatic heterocycles. The summed E-state index contributed by atoms with van der Waals surface area (Å²) < 4.78 is 0. The fourth-order valence-corrected chi connectivity index (χ4v) is 2.23. The molecule has 0 saturated heterocycles. The molecule has 0 bridgehead atoms. The number of hydrogen-bond donors (Lipinski definition) is 4. The molecule has 0 unspecified atom stereocenters. The van der Waals surface area contributed by atoms with Gasteiger partial charge in [0, 0.05) is 13.0 Å². The van der Waals surface area contributed by atoms with Crippen LogP contribution in [-0.2, 0) is 9.59 Å². The molecule has 132 valence electrons. The topological polar surface area (TPSA) is 113 Å². The number of rotatable bonds is 9. The number of hydrogen-bond acceptors (Lipinski definition) is 4. The highest BCUT2D eigenvalue weighted by Crippen LogP contribution is 2.24. The van der Waals surface area contributed by atoms with Crippen LogP contribution in [0.1, 0.15) is 60.8 Å². The van der Waals surface area contributed by atoms with Crippen LogP contribution in [-0.4, -0.2) is 40.8 Å². The van der Waals surface area contributed by atoms with E-state index in [1.54, 1.807) is 0 Å². The fourth-order valence-electron chi connectivity index (χ4n) is 2.23. The van der Waals surface area contributed by atoms with Crippen molar-refractivity contribution in [1.29, 1.82) is 0 Å². The van der Waals surface area contributed by atoms with Crippen LogP contribution < -0.4 is 11.1 Å². The van der Waals surface area contributed by atoms with E-state index in [0.29, 0.717) is 12.5 Å². The summed E-state index contributed by atoms with van der Waals surface area (Å²) in [5.41, 5.74) is 4.87. The predicted molar refractivity (Wildman–Crippen MR) is 88.0 cm³/mol. The highest BCUT2D eigenvalue weighted by molar-refractivity contribution is 5.81. The van der Waals surface area contributed by atoms with Crippen LogP contribution in [0.4, 0.5) is 0 Å². The van der Waals surface area contributed by atoms with Gasteiger partial charge in [0.15, 0.2) is 6.10 Å². The van der Waals surface area contributed by atoms with Crippen molar-refractivity contribution in [3.63, 3.8) is 0 Å². The molecule has 0 saturated carbocycles. The first-order chi connectivity index (χ1) is 10.0. The van der Waals surface area contributed by atoms with E-state index in [9.17, 15) is 19.8 Å². The smallest absolute Gasteiger partial charge is 0.251 e. The van der Waals surface area contributed by atoms with E-state index in [0.717, 1.165) is 6.42 Å². The third kappa shape index (κ3) is 11.5. The maximum absolute atomic E-state index is 11.7. The van der Waals surface area contributed by atoms with Crippen molar-refractivity contribution in [2.75, 3.05) is 6.54 Å². The van der Waals surface area contributed by atoms with Gasteiger partial charge in [-0.05, 0) is 24.2 Å². The minimum atomic E-state index is -1.54. The molecule has 2 amide bonds. The number of aliphatic hydroxyl groups excluding tert-OH is 2. The Labute approximate surface area is 134 Å². The molecule has 0 spiro atoms. The highest BCUT2D eigenvalue weighted by atomic mass is 16.3. The van der Waals surface area contributed by atoms with Crippen molar-refractivity contribution < 1.29 is 19.8 Å². The molecule has 5 N–H and O–H groups in total. The normalized spacial score (nSPS) is 13.9. The molecule has 6 nitrogen and oxygen atoms in total. The van der Waals surface area contributed by atoms with Gasteiger partial charge in [0.2, 0.25) is 5.91 Å². The van der Waals surface area contributed by atoms with Crippen LogP contribution in [0.15, 0.2) is 0 Å². The number of primary amides is 1. The van der Waals surface area contributed by atoms with Gasteiger partial charge in [-0.25, -0.2) is 0 Å². The number of amides is 2. The first-order valence-electron chi connectivity index (χ1n) is 7.97. The molecule has 2 atom stereocenters. The number of aliphatic hydroxyl groups is 2. The monoisotopic (exact) mass is 318 g/mol. The average molecular weight is 318 g/mol. The Morgan fingerprint density at radius 1 is 1.18 bits per heavy atom. The van der Waals surface area contributed by atoms with E-state index in [1.165, 1.54) is 0 Å². The second-order valence-corrected chi connectivity index (χ2v) is 6.50. The molecule has 0 aliphatic rings. The predicted octanol–water partition coefficient (Wildman–Crippen LogP) is 1.19. The number of carbonyl (C=O) groups is 2. The summed E-state index contributed by atoms with van der Waals surface area (Å²) in [5, 5.41) is 21.9. The van der Waals surface area contributed by atoms with Crippen molar-refractivity contribution in [2.24, 2.45) is 17.1 Å². The summed E-state index contributed by atoms with van der Waals surface area (Å²) in [5.74, 6) is -0.693. The largest absolute Gasteiger partial charge is 0.390 e. The van der Waals surface area contributed by atoms with Gasteiger partial charge in [-0.15, -0.1) is 0 Å². The second kappa shape index (κ2) is 11.4. The van der Waals surface area contributed by atoms with Crippen LogP contribution in [0.25, 0.3) is 0 Å². The Bertz CT molecular complexity index is 330. The zero-order valence-corrected chi connectivity index (χ0v) is 14.8. The van der Waals surface area contributed by atoms with E-state index < -0.39 is 24.0 Å². The van der Waals surface area contributed by atoms with Gasteiger partial charge >= 0.3 is 0 Å². The Morgan fingerprint density at radius 3 is 2.09 bits per heavy atom. The Hall–Kier alpha value is -1.14. The van der Waals surface area contributed by atoms with Crippen LogP contribution in [0, 0.1) is 11.3 Å². The molecular formula is C16H34N2O4. The summed E-state index contributed by atoms with van der Waals surface area (Å²) >= 11 is 0. The second-order valence-electron chi connectivity index (χ2n) is 6.50. The van der Waals surface area contributed by atoms with E-state index in [1.807, 2.05) is 27.7 Å². The van der Waals surface area contributed by atoms with Gasteiger partial charge < -0.3 is 21.3 Å². The Balaban J connectivity index is 0. The van der Waals surface area contributed by atoms with Gasteiger partial charge in [0.25, 0.3) is 5.91 Å². The van der Waals surface area contributed by atoms with Crippen molar-refractivity contribution in [3.05, 3.63) is 0 Å². The molecule has 0 aromatic carbocycles. The van der Waals surface area contributed by atoms with Crippen LogP contribution in [0.5, 0.6) is 0 Å². The Morgan fingerprint density at radius 2 is 1.68 bits per heavy atom. The molecule has 0 aromatic rings. The molecule has 0 heterocycles. The molecule has 0 fully saturated rings. The van der Waals surface area contributed by atoms with Crippen LogP contribution in [0.3, 0.4) is 0 Å². The lowest BCUT2D eigenvalue weighted by atomic mass is 9.84. The van der Waals surface area contributed by atoms with Gasteiger partial charge in [0.1, 0.15) is 0 Å². The lowest BCUT2D eigenvalue weighted by Crippen LogP contribution is -2.45. The van der Waals surface area contributed by atoms with Gasteiger partial charge in [-0.1, -0.05) is 41.5 Å². The maximum atomic E-state index is 11.7. The Kier molecular flexibility index (Phi) is 12.0.